The number of carbonyl (C=O) groups excluding carboxylic acids is 1. The van der Waals surface area contributed by atoms with Crippen molar-refractivity contribution in [2.75, 3.05) is 6.61 Å². The molecule has 0 aliphatic heterocycles. The fourth-order valence-corrected chi connectivity index (χ4v) is 2.14. The highest BCUT2D eigenvalue weighted by atomic mass is 32.2. The number of hydrogen-bond donors (Lipinski definition) is 0. The zero-order valence-corrected chi connectivity index (χ0v) is 14.1. The van der Waals surface area contributed by atoms with E-state index in [2.05, 4.69) is 0 Å². The Balaban J connectivity index is 0.000000251. The molecule has 0 saturated carbocycles. The molecule has 0 saturated heterocycles. The summed E-state index contributed by atoms with van der Waals surface area (Å²) in [6.07, 6.45) is 3.87. The lowest BCUT2D eigenvalue weighted by Gasteiger charge is -2.05. The first-order valence-electron chi connectivity index (χ1n) is 6.98. The fraction of sp³-hybridized carbons (Fsp3) is 0.200. The van der Waals surface area contributed by atoms with Gasteiger partial charge in [0.15, 0.2) is 25.5 Å². The smallest absolute Gasteiger partial charge is 0.302 e. The van der Waals surface area contributed by atoms with Crippen LogP contribution in [0.2, 0.25) is 0 Å². The normalized spacial score (nSPS) is 10.3. The van der Waals surface area contributed by atoms with Crippen LogP contribution in [0.25, 0.3) is 0 Å². The van der Waals surface area contributed by atoms with E-state index in [9.17, 15) is 27.9 Å². The molecule has 1 heterocycles. The number of esters is 1. The highest BCUT2D eigenvalue weighted by Gasteiger charge is 2.08. The first-order chi connectivity index (χ1) is 11.7. The van der Waals surface area contributed by atoms with Crippen LogP contribution in [0, 0.1) is 10.1 Å². The molecule has 0 amide bonds. The van der Waals surface area contributed by atoms with Gasteiger partial charge in [0.25, 0.3) is 5.69 Å². The highest BCUT2D eigenvalue weighted by Crippen LogP contribution is 2.16. The maximum Gasteiger partial charge on any atom is 0.302 e. The molecule has 0 fully saturated rings. The third-order valence-electron chi connectivity index (χ3n) is 2.75. The van der Waals surface area contributed by atoms with Gasteiger partial charge in [-0.25, -0.2) is 13.0 Å². The van der Waals surface area contributed by atoms with Gasteiger partial charge in [0.2, 0.25) is 0 Å². The second kappa shape index (κ2) is 9.45. The zero-order valence-electron chi connectivity index (χ0n) is 13.3. The van der Waals surface area contributed by atoms with Crippen molar-refractivity contribution in [3.63, 3.8) is 0 Å². The van der Waals surface area contributed by atoms with Crippen LogP contribution in [0.5, 0.6) is 0 Å². The summed E-state index contributed by atoms with van der Waals surface area (Å²) in [6.45, 7) is 2.56. The predicted octanol–water partition coefficient (Wildman–Crippen LogP) is 1.04. The van der Waals surface area contributed by atoms with Gasteiger partial charge < -0.3 is 9.29 Å². The van der Waals surface area contributed by atoms with Crippen molar-refractivity contribution in [2.24, 2.45) is 0 Å². The highest BCUT2D eigenvalue weighted by molar-refractivity contribution is 7.85. The predicted molar refractivity (Wildman–Crippen MR) is 84.3 cm³/mol. The number of nitro benzene ring substituents is 1. The van der Waals surface area contributed by atoms with Gasteiger partial charge in [0.05, 0.1) is 9.82 Å². The second-order valence-electron chi connectivity index (χ2n) is 4.66. The van der Waals surface area contributed by atoms with Crippen LogP contribution < -0.4 is 4.57 Å². The van der Waals surface area contributed by atoms with E-state index >= 15 is 0 Å². The number of nitro groups is 1. The van der Waals surface area contributed by atoms with E-state index in [4.69, 9.17) is 4.74 Å². The van der Waals surface area contributed by atoms with Crippen molar-refractivity contribution >= 4 is 21.8 Å². The molecule has 0 bridgehead atoms. The third-order valence-corrected chi connectivity index (χ3v) is 3.58. The van der Waals surface area contributed by atoms with Crippen LogP contribution in [0.4, 0.5) is 5.69 Å². The topological polar surface area (TPSA) is 131 Å². The number of pyridine rings is 1. The molecule has 0 N–H and O–H groups in total. The molecular formula is C15H16N2O7S. The molecule has 0 radical (unpaired) electrons. The number of carbonyl (C=O) groups is 1. The Morgan fingerprint density at radius 2 is 1.84 bits per heavy atom. The Hall–Kier alpha value is -2.85. The molecule has 134 valence electrons. The molecule has 2 rings (SSSR count). The van der Waals surface area contributed by atoms with Crippen LogP contribution in [0.1, 0.15) is 6.92 Å². The van der Waals surface area contributed by atoms with E-state index in [-0.39, 0.29) is 5.97 Å². The summed E-state index contributed by atoms with van der Waals surface area (Å²) in [5.41, 5.74) is -0.420. The van der Waals surface area contributed by atoms with Gasteiger partial charge in [-0.2, -0.15) is 0 Å². The maximum absolute atomic E-state index is 10.4. The summed E-state index contributed by atoms with van der Waals surface area (Å²) in [5.74, 6) is -0.230. The standard InChI is InChI=1S/C9H12NO2.C6H5NO5S/c1-9(11)12-8-7-10-5-3-2-4-6-10;8-7(9)5-2-1-3-6(4-5)13(10,11)12/h2-6H,7-8H2,1H3;1-4H,(H,10,11,12)/q+1;/p-1. The van der Waals surface area contributed by atoms with E-state index < -0.39 is 25.6 Å². The van der Waals surface area contributed by atoms with Crippen molar-refractivity contribution in [1.82, 2.24) is 0 Å². The van der Waals surface area contributed by atoms with E-state index in [0.29, 0.717) is 13.2 Å². The van der Waals surface area contributed by atoms with Crippen molar-refractivity contribution in [2.45, 2.75) is 18.4 Å². The van der Waals surface area contributed by atoms with Crippen LogP contribution in [0.3, 0.4) is 0 Å². The SMILES string of the molecule is CC(=O)OCC[n+]1ccccc1.O=[N+]([O-])c1cccc(S(=O)(=O)[O-])c1. The average Bonchev–Trinajstić information content (AvgIpc) is 2.55. The van der Waals surface area contributed by atoms with Gasteiger partial charge in [-0.1, -0.05) is 12.1 Å². The van der Waals surface area contributed by atoms with Crippen LogP contribution in [-0.2, 0) is 26.2 Å². The van der Waals surface area contributed by atoms with E-state index in [1.54, 1.807) is 0 Å². The average molecular weight is 368 g/mol. The van der Waals surface area contributed by atoms with Crippen molar-refractivity contribution in [3.8, 4) is 0 Å². The minimum Gasteiger partial charge on any atom is -0.744 e. The number of benzene rings is 1. The number of non-ortho nitro benzene ring substituents is 1. The quantitative estimate of drug-likeness (QED) is 0.253. The van der Waals surface area contributed by atoms with Crippen molar-refractivity contribution in [3.05, 3.63) is 65.0 Å². The summed E-state index contributed by atoms with van der Waals surface area (Å²) in [4.78, 5) is 19.2. The Morgan fingerprint density at radius 3 is 2.36 bits per heavy atom. The first kappa shape index (κ1) is 20.2. The molecule has 10 heteroatoms. The third kappa shape index (κ3) is 7.99. The lowest BCUT2D eigenvalue weighted by Crippen LogP contribution is -2.35. The lowest BCUT2D eigenvalue weighted by molar-refractivity contribution is -0.697. The van der Waals surface area contributed by atoms with Gasteiger partial charge in [-0.15, -0.1) is 0 Å². The number of ether oxygens (including phenoxy) is 1. The maximum atomic E-state index is 10.4. The number of aromatic nitrogens is 1. The van der Waals surface area contributed by atoms with Crippen molar-refractivity contribution in [1.29, 1.82) is 0 Å². The minimum absolute atomic E-state index is 0.230. The monoisotopic (exact) mass is 368 g/mol. The molecule has 0 unspecified atom stereocenters. The molecule has 1 aromatic heterocycles. The molecule has 0 atom stereocenters. The Labute approximate surface area is 144 Å². The molecule has 25 heavy (non-hydrogen) atoms. The largest absolute Gasteiger partial charge is 0.744 e. The van der Waals surface area contributed by atoms with Gasteiger partial charge >= 0.3 is 5.97 Å². The summed E-state index contributed by atoms with van der Waals surface area (Å²) >= 11 is 0. The molecule has 0 aliphatic rings. The molecule has 2 aromatic rings. The van der Waals surface area contributed by atoms with Gasteiger partial charge in [0.1, 0.15) is 10.1 Å². The number of nitrogens with zero attached hydrogens (tertiary/aromatic N) is 2. The molecule has 0 spiro atoms. The number of rotatable bonds is 5. The molecule has 9 nitrogen and oxygen atoms in total. The van der Waals surface area contributed by atoms with E-state index in [1.807, 2.05) is 35.2 Å². The number of hydrogen-bond acceptors (Lipinski definition) is 7. The summed E-state index contributed by atoms with van der Waals surface area (Å²) in [5, 5.41) is 10.2. The molecule has 1 aromatic carbocycles. The van der Waals surface area contributed by atoms with Crippen LogP contribution in [-0.4, -0.2) is 30.5 Å². The van der Waals surface area contributed by atoms with Gasteiger partial charge in [0, 0.05) is 31.2 Å². The van der Waals surface area contributed by atoms with E-state index in [1.165, 1.54) is 6.92 Å². The first-order valence-corrected chi connectivity index (χ1v) is 8.39. The Bertz CT molecular complexity index is 823. The Morgan fingerprint density at radius 1 is 1.20 bits per heavy atom. The fourth-order valence-electron chi connectivity index (χ4n) is 1.63. The zero-order chi connectivity index (χ0) is 18.9. The lowest BCUT2D eigenvalue weighted by atomic mass is 10.3. The second-order valence-corrected chi connectivity index (χ2v) is 6.04. The summed E-state index contributed by atoms with van der Waals surface area (Å²) < 4.78 is 38.0. The van der Waals surface area contributed by atoms with Gasteiger partial charge in [-0.05, 0) is 6.07 Å². The summed E-state index contributed by atoms with van der Waals surface area (Å²) in [6, 6.07) is 9.80. The van der Waals surface area contributed by atoms with E-state index in [0.717, 1.165) is 24.3 Å². The molecular weight excluding hydrogens is 352 g/mol. The van der Waals surface area contributed by atoms with Crippen LogP contribution >= 0.6 is 0 Å². The van der Waals surface area contributed by atoms with Crippen LogP contribution in [0.15, 0.2) is 59.8 Å². The summed E-state index contributed by atoms with van der Waals surface area (Å²) in [7, 11) is -4.61. The Kier molecular flexibility index (Phi) is 7.63. The minimum atomic E-state index is -4.61. The van der Waals surface area contributed by atoms with Crippen molar-refractivity contribution < 1.29 is 32.0 Å². The molecule has 0 aliphatic carbocycles. The van der Waals surface area contributed by atoms with Gasteiger partial charge in [-0.3, -0.25) is 14.9 Å².